The summed E-state index contributed by atoms with van der Waals surface area (Å²) in [6.45, 7) is 7.41. The fourth-order valence-corrected chi connectivity index (χ4v) is 2.45. The molecule has 0 unspecified atom stereocenters. The van der Waals surface area contributed by atoms with Gasteiger partial charge in [0.1, 0.15) is 23.5 Å². The van der Waals surface area contributed by atoms with Gasteiger partial charge in [0.25, 0.3) is 0 Å². The Morgan fingerprint density at radius 2 is 1.83 bits per heavy atom. The Hall–Kier alpha value is -2.24. The number of aryl methyl sites for hydroxylation is 1. The fourth-order valence-electron chi connectivity index (χ4n) is 2.45. The van der Waals surface area contributed by atoms with Crippen molar-refractivity contribution in [1.82, 2.24) is 4.90 Å². The maximum absolute atomic E-state index is 12.2. The van der Waals surface area contributed by atoms with Gasteiger partial charge in [0, 0.05) is 6.42 Å². The monoisotopic (exact) mass is 321 g/mol. The number of carboxylic acid groups (broad SMARTS) is 1. The molecule has 1 fully saturated rings. The minimum absolute atomic E-state index is 0.194. The number of carbonyl (C=O) groups is 2. The van der Waals surface area contributed by atoms with E-state index in [1.165, 1.54) is 4.90 Å². The van der Waals surface area contributed by atoms with Crippen LogP contribution in [0.15, 0.2) is 24.3 Å². The van der Waals surface area contributed by atoms with Gasteiger partial charge in [0.2, 0.25) is 0 Å². The van der Waals surface area contributed by atoms with Gasteiger partial charge < -0.3 is 14.6 Å². The molecule has 1 amide bonds. The number of benzene rings is 1. The van der Waals surface area contributed by atoms with E-state index in [9.17, 15) is 14.7 Å². The van der Waals surface area contributed by atoms with Crippen LogP contribution in [0.25, 0.3) is 0 Å². The lowest BCUT2D eigenvalue weighted by Crippen LogP contribution is -2.43. The molecule has 6 heteroatoms. The minimum Gasteiger partial charge on any atom is -0.488 e. The zero-order valence-corrected chi connectivity index (χ0v) is 13.9. The van der Waals surface area contributed by atoms with E-state index in [1.54, 1.807) is 20.8 Å². The molecular weight excluding hydrogens is 298 g/mol. The van der Waals surface area contributed by atoms with Gasteiger partial charge in [-0.25, -0.2) is 9.59 Å². The van der Waals surface area contributed by atoms with Crippen molar-refractivity contribution in [3.05, 3.63) is 29.8 Å². The molecule has 1 saturated heterocycles. The number of ether oxygens (including phenoxy) is 2. The molecule has 0 saturated carbocycles. The Morgan fingerprint density at radius 1 is 1.22 bits per heavy atom. The Morgan fingerprint density at radius 3 is 2.35 bits per heavy atom. The number of carbonyl (C=O) groups excluding carboxylic acids is 1. The SMILES string of the molecule is Cc1ccc(O[C@@H]2C[C@@H](C(=O)O)N(C(=O)OC(C)(C)C)C2)cc1. The quantitative estimate of drug-likeness (QED) is 0.926. The molecule has 2 rings (SSSR count). The molecule has 1 aliphatic heterocycles. The third kappa shape index (κ3) is 4.61. The molecule has 1 heterocycles. The van der Waals surface area contributed by atoms with Crippen LogP contribution < -0.4 is 4.74 Å². The van der Waals surface area contributed by atoms with Crippen molar-refractivity contribution in [1.29, 1.82) is 0 Å². The van der Waals surface area contributed by atoms with E-state index in [-0.39, 0.29) is 19.1 Å². The highest BCUT2D eigenvalue weighted by molar-refractivity contribution is 5.81. The van der Waals surface area contributed by atoms with Crippen LogP contribution in [0.2, 0.25) is 0 Å². The van der Waals surface area contributed by atoms with Crippen molar-refractivity contribution < 1.29 is 24.2 Å². The standard InChI is InChI=1S/C17H23NO5/c1-11-5-7-12(8-6-11)22-13-9-14(15(19)20)18(10-13)16(21)23-17(2,3)4/h5-8,13-14H,9-10H2,1-4H3,(H,19,20)/t13-,14+/m1/s1. The van der Waals surface area contributed by atoms with Crippen molar-refractivity contribution in [2.75, 3.05) is 6.54 Å². The molecule has 6 nitrogen and oxygen atoms in total. The topological polar surface area (TPSA) is 76.1 Å². The highest BCUT2D eigenvalue weighted by Crippen LogP contribution is 2.25. The van der Waals surface area contributed by atoms with E-state index in [2.05, 4.69) is 0 Å². The number of likely N-dealkylation sites (tertiary alicyclic amines) is 1. The van der Waals surface area contributed by atoms with Gasteiger partial charge in [0.15, 0.2) is 0 Å². The molecule has 1 aliphatic rings. The third-order valence-electron chi connectivity index (χ3n) is 3.50. The molecule has 1 N–H and O–H groups in total. The zero-order valence-electron chi connectivity index (χ0n) is 13.9. The van der Waals surface area contributed by atoms with Gasteiger partial charge in [-0.3, -0.25) is 4.90 Å². The number of carboxylic acids is 1. The first-order valence-corrected chi connectivity index (χ1v) is 7.61. The van der Waals surface area contributed by atoms with Gasteiger partial charge in [-0.2, -0.15) is 0 Å². The second kappa shape index (κ2) is 6.48. The van der Waals surface area contributed by atoms with Crippen LogP contribution in [0.3, 0.4) is 0 Å². The van der Waals surface area contributed by atoms with Gasteiger partial charge in [-0.15, -0.1) is 0 Å². The molecule has 0 radical (unpaired) electrons. The Balaban J connectivity index is 2.06. The van der Waals surface area contributed by atoms with Crippen molar-refractivity contribution in [3.63, 3.8) is 0 Å². The van der Waals surface area contributed by atoms with Crippen LogP contribution in [0.5, 0.6) is 5.75 Å². The highest BCUT2D eigenvalue weighted by Gasteiger charge is 2.42. The molecular formula is C17H23NO5. The summed E-state index contributed by atoms with van der Waals surface area (Å²) in [5, 5.41) is 9.35. The van der Waals surface area contributed by atoms with Gasteiger partial charge in [-0.1, -0.05) is 17.7 Å². The second-order valence-corrected chi connectivity index (χ2v) is 6.78. The van der Waals surface area contributed by atoms with Crippen LogP contribution in [0, 0.1) is 6.92 Å². The van der Waals surface area contributed by atoms with E-state index >= 15 is 0 Å². The first kappa shape index (κ1) is 17.1. The molecule has 0 aromatic heterocycles. The van der Waals surface area contributed by atoms with E-state index in [0.717, 1.165) is 5.56 Å². The zero-order chi connectivity index (χ0) is 17.2. The first-order valence-electron chi connectivity index (χ1n) is 7.61. The Labute approximate surface area is 136 Å². The summed E-state index contributed by atoms with van der Waals surface area (Å²) in [6.07, 6.45) is -0.756. The summed E-state index contributed by atoms with van der Waals surface area (Å²) in [6, 6.07) is 6.58. The molecule has 2 atom stereocenters. The van der Waals surface area contributed by atoms with E-state index in [1.807, 2.05) is 31.2 Å². The maximum Gasteiger partial charge on any atom is 0.411 e. The molecule has 0 bridgehead atoms. The highest BCUT2D eigenvalue weighted by atomic mass is 16.6. The van der Waals surface area contributed by atoms with E-state index < -0.39 is 23.7 Å². The van der Waals surface area contributed by atoms with Crippen molar-refractivity contribution in [2.24, 2.45) is 0 Å². The lowest BCUT2D eigenvalue weighted by Gasteiger charge is -2.26. The summed E-state index contributed by atoms with van der Waals surface area (Å²) < 4.78 is 11.1. The summed E-state index contributed by atoms with van der Waals surface area (Å²) in [7, 11) is 0. The molecule has 1 aromatic carbocycles. The predicted octanol–water partition coefficient (Wildman–Crippen LogP) is 2.84. The fraction of sp³-hybridized carbons (Fsp3) is 0.529. The van der Waals surface area contributed by atoms with Crippen LogP contribution in [-0.4, -0.2) is 46.4 Å². The summed E-state index contributed by atoms with van der Waals surface area (Å²) in [4.78, 5) is 24.9. The third-order valence-corrected chi connectivity index (χ3v) is 3.50. The van der Waals surface area contributed by atoms with Gasteiger partial charge in [0.05, 0.1) is 6.54 Å². The van der Waals surface area contributed by atoms with Crippen LogP contribution in [-0.2, 0) is 9.53 Å². The van der Waals surface area contributed by atoms with Crippen molar-refractivity contribution in [2.45, 2.75) is 51.9 Å². The summed E-state index contributed by atoms with van der Waals surface area (Å²) in [5.41, 5.74) is 0.443. The molecule has 126 valence electrons. The number of nitrogens with zero attached hydrogens (tertiary/aromatic N) is 1. The van der Waals surface area contributed by atoms with Crippen LogP contribution >= 0.6 is 0 Å². The van der Waals surface area contributed by atoms with E-state index in [0.29, 0.717) is 5.75 Å². The minimum atomic E-state index is -1.05. The largest absolute Gasteiger partial charge is 0.488 e. The lowest BCUT2D eigenvalue weighted by atomic mass is 10.2. The van der Waals surface area contributed by atoms with E-state index in [4.69, 9.17) is 9.47 Å². The average Bonchev–Trinajstić information content (AvgIpc) is 2.84. The average molecular weight is 321 g/mol. The predicted molar refractivity (Wildman–Crippen MR) is 84.6 cm³/mol. The summed E-state index contributed by atoms with van der Waals surface area (Å²) in [5.74, 6) is -0.387. The maximum atomic E-state index is 12.2. The van der Waals surface area contributed by atoms with Crippen LogP contribution in [0.4, 0.5) is 4.79 Å². The first-order chi connectivity index (χ1) is 10.7. The van der Waals surface area contributed by atoms with Gasteiger partial charge >= 0.3 is 12.1 Å². The molecule has 0 spiro atoms. The van der Waals surface area contributed by atoms with Crippen molar-refractivity contribution in [3.8, 4) is 5.75 Å². The van der Waals surface area contributed by atoms with Crippen LogP contribution in [0.1, 0.15) is 32.8 Å². The number of rotatable bonds is 3. The molecule has 23 heavy (non-hydrogen) atoms. The number of amides is 1. The molecule has 1 aromatic rings. The molecule has 0 aliphatic carbocycles. The normalized spacial score (nSPS) is 21.1. The second-order valence-electron chi connectivity index (χ2n) is 6.78. The number of hydrogen-bond donors (Lipinski definition) is 1. The number of hydrogen-bond acceptors (Lipinski definition) is 4. The Kier molecular flexibility index (Phi) is 4.82. The lowest BCUT2D eigenvalue weighted by molar-refractivity contribution is -0.142. The van der Waals surface area contributed by atoms with Crippen molar-refractivity contribution >= 4 is 12.1 Å². The van der Waals surface area contributed by atoms with Gasteiger partial charge in [-0.05, 0) is 39.8 Å². The number of aliphatic carboxylic acids is 1. The smallest absolute Gasteiger partial charge is 0.411 e. The summed E-state index contributed by atoms with van der Waals surface area (Å²) >= 11 is 0. The Bertz CT molecular complexity index is 576.